The van der Waals surface area contributed by atoms with Crippen molar-refractivity contribution < 1.29 is 23.5 Å². The van der Waals surface area contributed by atoms with Gasteiger partial charge in [-0.3, -0.25) is 9.59 Å². The van der Waals surface area contributed by atoms with Gasteiger partial charge in [0.15, 0.2) is 0 Å². The lowest BCUT2D eigenvalue weighted by atomic mass is 9.61. The molecule has 8 heteroatoms. The van der Waals surface area contributed by atoms with Crippen LogP contribution in [0.15, 0.2) is 36.4 Å². The van der Waals surface area contributed by atoms with Crippen molar-refractivity contribution in [2.45, 2.75) is 50.1 Å². The van der Waals surface area contributed by atoms with E-state index in [1.165, 1.54) is 5.56 Å². The molecular formula is C24H27F2N3O3. The van der Waals surface area contributed by atoms with E-state index in [4.69, 9.17) is 0 Å². The number of rotatable bonds is 5. The van der Waals surface area contributed by atoms with E-state index in [9.17, 15) is 23.5 Å². The van der Waals surface area contributed by atoms with E-state index < -0.39 is 17.5 Å². The summed E-state index contributed by atoms with van der Waals surface area (Å²) in [7, 11) is 2.04. The molecule has 0 aromatic heterocycles. The van der Waals surface area contributed by atoms with Crippen LogP contribution in [0.2, 0.25) is 0 Å². The summed E-state index contributed by atoms with van der Waals surface area (Å²) in [5.41, 5.74) is 1.77. The summed E-state index contributed by atoms with van der Waals surface area (Å²) < 4.78 is 26.7. The third kappa shape index (κ3) is 4.19. The Kier molecular flexibility index (Phi) is 5.90. The van der Waals surface area contributed by atoms with E-state index >= 15 is 0 Å². The van der Waals surface area contributed by atoms with Crippen molar-refractivity contribution in [1.82, 2.24) is 10.2 Å². The van der Waals surface area contributed by atoms with Crippen LogP contribution >= 0.6 is 0 Å². The van der Waals surface area contributed by atoms with E-state index in [2.05, 4.69) is 22.5 Å². The molecule has 2 aromatic rings. The fourth-order valence-electron chi connectivity index (χ4n) is 5.02. The second-order valence-corrected chi connectivity index (χ2v) is 8.98. The van der Waals surface area contributed by atoms with E-state index in [1.54, 1.807) is 12.1 Å². The molecule has 2 amide bonds. The highest BCUT2D eigenvalue weighted by atomic mass is 19.1. The zero-order valence-corrected chi connectivity index (χ0v) is 18.1. The van der Waals surface area contributed by atoms with Gasteiger partial charge in [-0.25, -0.2) is 8.78 Å². The van der Waals surface area contributed by atoms with Crippen molar-refractivity contribution in [3.05, 3.63) is 59.2 Å². The summed E-state index contributed by atoms with van der Waals surface area (Å²) in [6.07, 6.45) is 1.41. The molecule has 1 aliphatic carbocycles. The Morgan fingerprint density at radius 2 is 1.91 bits per heavy atom. The van der Waals surface area contributed by atoms with E-state index in [0.29, 0.717) is 6.07 Å². The normalized spacial score (nSPS) is 24.5. The Morgan fingerprint density at radius 3 is 2.66 bits per heavy atom. The third-order valence-electron chi connectivity index (χ3n) is 6.86. The van der Waals surface area contributed by atoms with Gasteiger partial charge in [0.2, 0.25) is 11.8 Å². The van der Waals surface area contributed by atoms with Crippen LogP contribution in [0, 0.1) is 11.6 Å². The summed E-state index contributed by atoms with van der Waals surface area (Å²) in [6.45, 7) is 2.99. The SMILES string of the molecule is CN1CCC2(C)c3cc(O)ccc3CC1C2NC(=O)CCC(=O)Nc1ccc(F)cc1F. The molecular weight excluding hydrogens is 416 g/mol. The maximum absolute atomic E-state index is 13.7. The highest BCUT2D eigenvalue weighted by molar-refractivity contribution is 5.93. The van der Waals surface area contributed by atoms with Crippen molar-refractivity contribution >= 4 is 17.5 Å². The zero-order chi connectivity index (χ0) is 23.0. The number of benzene rings is 2. The number of likely N-dealkylation sites (tertiary alicyclic amines) is 1. The predicted molar refractivity (Wildman–Crippen MR) is 116 cm³/mol. The van der Waals surface area contributed by atoms with E-state index in [-0.39, 0.29) is 47.7 Å². The fourth-order valence-corrected chi connectivity index (χ4v) is 5.02. The Morgan fingerprint density at radius 1 is 1.16 bits per heavy atom. The molecule has 1 saturated heterocycles. The molecule has 6 nitrogen and oxygen atoms in total. The number of fused-ring (bicyclic) bond motifs is 4. The number of amides is 2. The predicted octanol–water partition coefficient (Wildman–Crippen LogP) is 3.09. The minimum absolute atomic E-state index is 0.0510. The van der Waals surface area contributed by atoms with Gasteiger partial charge in [-0.15, -0.1) is 0 Å². The summed E-state index contributed by atoms with van der Waals surface area (Å²) in [5, 5.41) is 15.5. The molecule has 170 valence electrons. The number of nitrogens with zero attached hydrogens (tertiary/aromatic N) is 1. The molecule has 3 unspecified atom stereocenters. The standard InChI is InChI=1S/C24H27F2N3O3/c1-24-9-10-29(2)20(11-14-3-5-16(30)13-17(14)24)23(24)28-22(32)8-7-21(31)27-19-6-4-15(25)12-18(19)26/h3-6,12-13,20,23,30H,7-11H2,1-2H3,(H,27,31)(H,28,32). The molecule has 1 aliphatic heterocycles. The molecule has 3 atom stereocenters. The van der Waals surface area contributed by atoms with Crippen molar-refractivity contribution in [2.24, 2.45) is 0 Å². The van der Waals surface area contributed by atoms with Crippen LogP contribution in [0.3, 0.4) is 0 Å². The molecule has 3 N–H and O–H groups in total. The van der Waals surface area contributed by atoms with Crippen LogP contribution in [0.1, 0.15) is 37.3 Å². The summed E-state index contributed by atoms with van der Waals surface area (Å²) >= 11 is 0. The number of anilines is 1. The van der Waals surface area contributed by atoms with Gasteiger partial charge in [-0.1, -0.05) is 13.0 Å². The second kappa shape index (κ2) is 8.50. The molecule has 0 spiro atoms. The number of phenolic OH excluding ortho intramolecular Hbond substituents is 1. The highest BCUT2D eigenvalue weighted by Crippen LogP contribution is 2.45. The summed E-state index contributed by atoms with van der Waals surface area (Å²) in [6, 6.07) is 8.27. The molecule has 0 saturated carbocycles. The van der Waals surface area contributed by atoms with Gasteiger partial charge in [0, 0.05) is 30.4 Å². The summed E-state index contributed by atoms with van der Waals surface area (Å²) in [4.78, 5) is 27.2. The lowest BCUT2D eigenvalue weighted by molar-refractivity contribution is -0.126. The molecule has 2 aliphatic rings. The average Bonchev–Trinajstić information content (AvgIpc) is 2.74. The van der Waals surface area contributed by atoms with E-state index in [0.717, 1.165) is 37.1 Å². The first kappa shape index (κ1) is 22.2. The number of likely N-dealkylation sites (N-methyl/N-ethyl adjacent to an activating group) is 1. The van der Waals surface area contributed by atoms with Crippen molar-refractivity contribution in [3.63, 3.8) is 0 Å². The van der Waals surface area contributed by atoms with Gasteiger partial charge in [-0.2, -0.15) is 0 Å². The van der Waals surface area contributed by atoms with E-state index in [1.807, 2.05) is 13.1 Å². The number of halogens is 2. The first-order valence-corrected chi connectivity index (χ1v) is 10.7. The molecule has 2 bridgehead atoms. The number of carbonyl (C=O) groups is 2. The summed E-state index contributed by atoms with van der Waals surface area (Å²) in [5.74, 6) is -2.17. The maximum atomic E-state index is 13.7. The van der Waals surface area contributed by atoms with Crippen LogP contribution in [-0.4, -0.2) is 47.5 Å². The number of hydrogen-bond donors (Lipinski definition) is 3. The lowest BCUT2D eigenvalue weighted by Crippen LogP contribution is -2.67. The molecule has 4 rings (SSSR count). The van der Waals surface area contributed by atoms with Crippen molar-refractivity contribution in [3.8, 4) is 5.75 Å². The van der Waals surface area contributed by atoms with Crippen LogP contribution in [0.5, 0.6) is 5.75 Å². The quantitative estimate of drug-likeness (QED) is 0.664. The molecule has 32 heavy (non-hydrogen) atoms. The fraction of sp³-hybridized carbons (Fsp3) is 0.417. The number of phenols is 1. The highest BCUT2D eigenvalue weighted by Gasteiger charge is 2.50. The Balaban J connectivity index is 1.42. The van der Waals surface area contributed by atoms with Crippen LogP contribution in [-0.2, 0) is 21.4 Å². The number of nitrogens with one attached hydrogen (secondary N) is 2. The number of carbonyl (C=O) groups excluding carboxylic acids is 2. The Bertz CT molecular complexity index is 1060. The largest absolute Gasteiger partial charge is 0.508 e. The van der Waals surface area contributed by atoms with Crippen LogP contribution in [0.4, 0.5) is 14.5 Å². The van der Waals surface area contributed by atoms with Gasteiger partial charge >= 0.3 is 0 Å². The minimum Gasteiger partial charge on any atom is -0.508 e. The molecule has 0 radical (unpaired) electrons. The monoisotopic (exact) mass is 443 g/mol. The molecule has 2 aromatic carbocycles. The van der Waals surface area contributed by atoms with Crippen molar-refractivity contribution in [2.75, 3.05) is 18.9 Å². The zero-order valence-electron chi connectivity index (χ0n) is 18.1. The van der Waals surface area contributed by atoms with Gasteiger partial charge in [0.05, 0.1) is 11.7 Å². The van der Waals surface area contributed by atoms with Gasteiger partial charge < -0.3 is 20.6 Å². The lowest BCUT2D eigenvalue weighted by Gasteiger charge is -2.54. The Labute approximate surface area is 185 Å². The molecule has 1 fully saturated rings. The smallest absolute Gasteiger partial charge is 0.224 e. The molecule has 1 heterocycles. The second-order valence-electron chi connectivity index (χ2n) is 8.98. The van der Waals surface area contributed by atoms with Gasteiger partial charge in [0.25, 0.3) is 0 Å². The van der Waals surface area contributed by atoms with Gasteiger partial charge in [0.1, 0.15) is 17.4 Å². The average molecular weight is 443 g/mol. The van der Waals surface area contributed by atoms with Crippen LogP contribution < -0.4 is 10.6 Å². The Hall–Kier alpha value is -3.00. The number of hydrogen-bond acceptors (Lipinski definition) is 4. The number of aromatic hydroxyl groups is 1. The topological polar surface area (TPSA) is 81.7 Å². The van der Waals surface area contributed by atoms with Gasteiger partial charge in [-0.05, 0) is 61.8 Å². The first-order chi connectivity index (χ1) is 15.2. The third-order valence-corrected chi connectivity index (χ3v) is 6.86. The van der Waals surface area contributed by atoms with Crippen LogP contribution in [0.25, 0.3) is 0 Å². The number of piperidine rings is 1. The maximum Gasteiger partial charge on any atom is 0.224 e. The first-order valence-electron chi connectivity index (χ1n) is 10.7. The minimum atomic E-state index is -0.865. The van der Waals surface area contributed by atoms with Crippen molar-refractivity contribution in [1.29, 1.82) is 0 Å².